The number of aromatic amines is 1. The first kappa shape index (κ1) is 25.8. The highest BCUT2D eigenvalue weighted by molar-refractivity contribution is 7.99. The molecule has 10 nitrogen and oxygen atoms in total. The number of para-hydroxylation sites is 1. The number of hydrogen-bond donors (Lipinski definition) is 2. The van der Waals surface area contributed by atoms with Crippen molar-refractivity contribution in [3.05, 3.63) is 93.3 Å². The molecule has 3 aromatic carbocycles. The van der Waals surface area contributed by atoms with Crippen LogP contribution in [-0.2, 0) is 4.79 Å². The maximum Gasteiger partial charge on any atom is 0.573 e. The predicted octanol–water partition coefficient (Wildman–Crippen LogP) is 5.40. The van der Waals surface area contributed by atoms with Crippen molar-refractivity contribution in [1.82, 2.24) is 14.5 Å². The lowest BCUT2D eigenvalue weighted by molar-refractivity contribution is -0.384. The van der Waals surface area contributed by atoms with Crippen LogP contribution in [0.3, 0.4) is 0 Å². The molecule has 2 heterocycles. The number of aromatic nitrogens is 3. The van der Waals surface area contributed by atoms with E-state index in [1.807, 2.05) is 0 Å². The van der Waals surface area contributed by atoms with Gasteiger partial charge in [0.15, 0.2) is 5.16 Å². The number of thioether (sulfide) groups is 1. The molecule has 2 aromatic heterocycles. The summed E-state index contributed by atoms with van der Waals surface area (Å²) in [7, 11) is 0. The Hall–Kier alpha value is -4.85. The lowest BCUT2D eigenvalue weighted by Crippen LogP contribution is -2.23. The van der Waals surface area contributed by atoms with Gasteiger partial charge in [0.05, 0.1) is 16.4 Å². The third-order valence-electron chi connectivity index (χ3n) is 5.52. The minimum Gasteiger partial charge on any atom is -0.406 e. The van der Waals surface area contributed by atoms with Crippen molar-refractivity contribution in [3.8, 4) is 11.4 Å². The van der Waals surface area contributed by atoms with Crippen molar-refractivity contribution >= 4 is 51.0 Å². The van der Waals surface area contributed by atoms with Crippen LogP contribution in [0.1, 0.15) is 0 Å². The average Bonchev–Trinajstić information content (AvgIpc) is 3.27. The molecule has 0 aliphatic heterocycles. The van der Waals surface area contributed by atoms with Crippen molar-refractivity contribution in [1.29, 1.82) is 0 Å². The van der Waals surface area contributed by atoms with Gasteiger partial charge in [-0.3, -0.25) is 24.3 Å². The molecule has 5 aromatic rings. The first-order chi connectivity index (χ1) is 18.6. The van der Waals surface area contributed by atoms with E-state index in [9.17, 15) is 32.9 Å². The summed E-state index contributed by atoms with van der Waals surface area (Å²) in [5, 5.41) is 14.5. The number of nitro groups is 1. The van der Waals surface area contributed by atoms with Crippen LogP contribution in [0.4, 0.5) is 24.5 Å². The van der Waals surface area contributed by atoms with E-state index in [-0.39, 0.29) is 27.8 Å². The number of nitro benzene ring substituents is 1. The van der Waals surface area contributed by atoms with E-state index in [4.69, 9.17) is 0 Å². The Bertz CT molecular complexity index is 1770. The predicted molar refractivity (Wildman–Crippen MR) is 138 cm³/mol. The Morgan fingerprint density at radius 1 is 1.08 bits per heavy atom. The number of anilines is 1. The molecule has 0 aliphatic carbocycles. The fourth-order valence-corrected chi connectivity index (χ4v) is 4.66. The van der Waals surface area contributed by atoms with E-state index in [1.165, 1.54) is 41.0 Å². The van der Waals surface area contributed by atoms with Gasteiger partial charge in [-0.05, 0) is 42.5 Å². The number of amides is 1. The van der Waals surface area contributed by atoms with Crippen LogP contribution in [0.2, 0.25) is 0 Å². The third kappa shape index (κ3) is 5.55. The molecule has 5 rings (SSSR count). The van der Waals surface area contributed by atoms with Crippen molar-refractivity contribution in [2.24, 2.45) is 0 Å². The summed E-state index contributed by atoms with van der Waals surface area (Å²) in [6, 6.07) is 17.1. The van der Waals surface area contributed by atoms with Crippen LogP contribution in [0, 0.1) is 10.1 Å². The van der Waals surface area contributed by atoms with Crippen LogP contribution in [0.5, 0.6) is 5.75 Å². The average molecular weight is 555 g/mol. The van der Waals surface area contributed by atoms with Gasteiger partial charge in [-0.2, -0.15) is 0 Å². The van der Waals surface area contributed by atoms with Crippen LogP contribution in [0.25, 0.3) is 27.6 Å². The molecule has 0 atom stereocenters. The zero-order valence-electron chi connectivity index (χ0n) is 19.6. The second kappa shape index (κ2) is 10.1. The van der Waals surface area contributed by atoms with Crippen molar-refractivity contribution < 1.29 is 27.6 Å². The van der Waals surface area contributed by atoms with E-state index < -0.39 is 28.5 Å². The zero-order valence-corrected chi connectivity index (χ0v) is 20.4. The molecule has 0 saturated carbocycles. The molecule has 0 spiro atoms. The fraction of sp³-hybridized carbons (Fsp3) is 0.0800. The molecular formula is C25H16F3N5O5S. The Kier molecular flexibility index (Phi) is 6.70. The smallest absolute Gasteiger partial charge is 0.406 e. The van der Waals surface area contributed by atoms with E-state index in [2.05, 4.69) is 20.0 Å². The molecule has 0 unspecified atom stereocenters. The highest BCUT2D eigenvalue weighted by Crippen LogP contribution is 2.28. The van der Waals surface area contributed by atoms with Crippen molar-refractivity contribution in [2.45, 2.75) is 11.5 Å². The molecular weight excluding hydrogens is 539 g/mol. The number of halogens is 3. The number of nitrogens with one attached hydrogen (secondary N) is 2. The molecule has 0 saturated heterocycles. The summed E-state index contributed by atoms with van der Waals surface area (Å²) in [5.74, 6) is -1.14. The zero-order chi connectivity index (χ0) is 27.7. The molecule has 0 aliphatic rings. The van der Waals surface area contributed by atoms with E-state index in [0.717, 1.165) is 23.9 Å². The Morgan fingerprint density at radius 2 is 1.77 bits per heavy atom. The van der Waals surface area contributed by atoms with Gasteiger partial charge in [-0.25, -0.2) is 4.98 Å². The summed E-state index contributed by atoms with van der Waals surface area (Å²) in [6.45, 7) is 0. The summed E-state index contributed by atoms with van der Waals surface area (Å²) >= 11 is 0.950. The second-order valence-corrected chi connectivity index (χ2v) is 9.05. The van der Waals surface area contributed by atoms with Crippen LogP contribution < -0.4 is 15.6 Å². The fourth-order valence-electron chi connectivity index (χ4n) is 3.86. The topological polar surface area (TPSA) is 132 Å². The molecule has 0 bridgehead atoms. The van der Waals surface area contributed by atoms with Gasteiger partial charge >= 0.3 is 6.36 Å². The van der Waals surface area contributed by atoms with Crippen molar-refractivity contribution in [2.75, 3.05) is 11.1 Å². The molecule has 39 heavy (non-hydrogen) atoms. The summed E-state index contributed by atoms with van der Waals surface area (Å²) in [4.78, 5) is 44.4. The normalized spacial score (nSPS) is 11.6. The molecule has 0 fully saturated rings. The highest BCUT2D eigenvalue weighted by atomic mass is 32.2. The number of benzene rings is 3. The van der Waals surface area contributed by atoms with Gasteiger partial charge in [-0.1, -0.05) is 30.0 Å². The number of fused-ring (bicyclic) bond motifs is 3. The maximum atomic E-state index is 13.6. The number of nitrogens with zero attached hydrogens (tertiary/aromatic N) is 3. The largest absolute Gasteiger partial charge is 0.573 e. The van der Waals surface area contributed by atoms with E-state index in [0.29, 0.717) is 22.1 Å². The minimum atomic E-state index is -4.83. The third-order valence-corrected chi connectivity index (χ3v) is 6.46. The quantitative estimate of drug-likeness (QED) is 0.119. The number of rotatable bonds is 7. The second-order valence-electron chi connectivity index (χ2n) is 8.11. The number of alkyl halides is 3. The van der Waals surface area contributed by atoms with Gasteiger partial charge < -0.3 is 15.0 Å². The first-order valence-electron chi connectivity index (χ1n) is 11.2. The molecule has 14 heteroatoms. The van der Waals surface area contributed by atoms with Crippen LogP contribution in [-0.4, -0.2) is 37.5 Å². The maximum absolute atomic E-state index is 13.6. The van der Waals surface area contributed by atoms with Crippen LogP contribution >= 0.6 is 11.8 Å². The highest BCUT2D eigenvalue weighted by Gasteiger charge is 2.31. The number of carbonyl (C=O) groups excluding carboxylic acids is 1. The SMILES string of the molecule is O=C(CSc1nc2c([nH]c3ccccc32)c(=O)n1-c1ccc([N+](=O)[O-])cc1)Nc1ccc(OC(F)(F)F)cc1. The van der Waals surface area contributed by atoms with Gasteiger partial charge in [0, 0.05) is 28.7 Å². The minimum absolute atomic E-state index is 0.160. The molecule has 198 valence electrons. The summed E-state index contributed by atoms with van der Waals surface area (Å²) in [5.41, 5.74) is 1.23. The Balaban J connectivity index is 1.45. The summed E-state index contributed by atoms with van der Waals surface area (Å²) in [6.07, 6.45) is -4.83. The van der Waals surface area contributed by atoms with E-state index >= 15 is 0 Å². The van der Waals surface area contributed by atoms with Gasteiger partial charge in [0.2, 0.25) is 5.91 Å². The van der Waals surface area contributed by atoms with E-state index in [1.54, 1.807) is 24.3 Å². The lowest BCUT2D eigenvalue weighted by Gasteiger charge is -2.12. The Labute approximate surface area is 220 Å². The standard InChI is InChI=1S/C25H16F3N5O5S/c26-25(27,28)38-17-11-5-14(6-12-17)29-20(34)13-39-24-31-21-18-3-1-2-4-19(18)30-22(21)23(35)32(24)15-7-9-16(10-8-15)33(36)37/h1-12,30H,13H2,(H,29,34). The monoisotopic (exact) mass is 555 g/mol. The van der Waals surface area contributed by atoms with Crippen LogP contribution in [0.15, 0.2) is 82.7 Å². The number of ether oxygens (including phenoxy) is 1. The number of carbonyl (C=O) groups is 1. The Morgan fingerprint density at radius 3 is 2.44 bits per heavy atom. The van der Waals surface area contributed by atoms with Gasteiger partial charge in [-0.15, -0.1) is 13.2 Å². The van der Waals surface area contributed by atoms with Crippen molar-refractivity contribution in [3.63, 3.8) is 0 Å². The van der Waals surface area contributed by atoms with Gasteiger partial charge in [0.25, 0.3) is 11.2 Å². The first-order valence-corrected chi connectivity index (χ1v) is 12.1. The van der Waals surface area contributed by atoms with Gasteiger partial charge in [0.1, 0.15) is 16.8 Å². The number of H-pyrrole nitrogens is 1. The number of hydrogen-bond acceptors (Lipinski definition) is 7. The molecule has 1 amide bonds. The lowest BCUT2D eigenvalue weighted by atomic mass is 10.2. The molecule has 2 N–H and O–H groups in total. The molecule has 0 radical (unpaired) electrons. The number of non-ortho nitro benzene ring substituents is 1. The summed E-state index contributed by atoms with van der Waals surface area (Å²) < 4.78 is 42.1.